The van der Waals surface area contributed by atoms with Crippen LogP contribution in [0.4, 0.5) is 0 Å². The Kier molecular flexibility index (Phi) is 1.90. The van der Waals surface area contributed by atoms with Crippen LogP contribution in [-0.2, 0) is 0 Å². The molecule has 0 atom stereocenters. The number of hydrogen-bond donors (Lipinski definition) is 0. The van der Waals surface area contributed by atoms with E-state index in [1.54, 1.807) is 11.9 Å². The van der Waals surface area contributed by atoms with Gasteiger partial charge in [-0.25, -0.2) is 4.09 Å². The molecule has 0 unspecified atom stereocenters. The molecule has 0 aliphatic heterocycles. The van der Waals surface area contributed by atoms with Gasteiger partial charge in [0, 0.05) is 11.9 Å². The second-order valence-corrected chi connectivity index (χ2v) is 4.08. The third kappa shape index (κ3) is 1.59. The number of hydrogen-bond acceptors (Lipinski definition) is 2. The van der Waals surface area contributed by atoms with Crippen LogP contribution in [0.5, 0.6) is 0 Å². The topological polar surface area (TPSA) is 17.8 Å². The molecule has 0 spiro atoms. The minimum Gasteiger partial charge on any atom is -0.214 e. The van der Waals surface area contributed by atoms with Crippen molar-refractivity contribution in [1.82, 2.24) is 9.19 Å². The fraction of sp³-hybridized carbons (Fsp3) is 0.625. The fourth-order valence-corrected chi connectivity index (χ4v) is 1.72. The highest BCUT2D eigenvalue weighted by Crippen LogP contribution is 2.39. The van der Waals surface area contributed by atoms with Gasteiger partial charge in [0.2, 0.25) is 0 Å². The zero-order valence-electron chi connectivity index (χ0n) is 6.66. The molecule has 1 fully saturated rings. The number of aromatic nitrogens is 2. The zero-order valence-corrected chi connectivity index (χ0v) is 7.47. The van der Waals surface area contributed by atoms with Crippen LogP contribution >= 0.6 is 11.9 Å². The molecular weight excluding hydrogens is 156 g/mol. The smallest absolute Gasteiger partial charge is 0.0535 e. The Labute approximate surface area is 71.1 Å². The third-order valence-corrected chi connectivity index (χ3v) is 2.61. The Morgan fingerprint density at radius 3 is 3.18 bits per heavy atom. The van der Waals surface area contributed by atoms with Crippen molar-refractivity contribution in [1.29, 1.82) is 0 Å². The van der Waals surface area contributed by atoms with Gasteiger partial charge < -0.3 is 0 Å². The summed E-state index contributed by atoms with van der Waals surface area (Å²) in [6.07, 6.45) is 6.89. The molecule has 1 aliphatic rings. The van der Waals surface area contributed by atoms with E-state index in [-0.39, 0.29) is 0 Å². The lowest BCUT2D eigenvalue weighted by atomic mass is 10.2. The maximum Gasteiger partial charge on any atom is 0.0535 e. The maximum atomic E-state index is 4.25. The molecule has 0 aromatic carbocycles. The highest BCUT2D eigenvalue weighted by molar-refractivity contribution is 7.97. The van der Waals surface area contributed by atoms with Gasteiger partial charge in [-0.05, 0) is 36.3 Å². The quantitative estimate of drug-likeness (QED) is 0.689. The molecule has 0 amide bonds. The van der Waals surface area contributed by atoms with Gasteiger partial charge in [0.25, 0.3) is 0 Å². The van der Waals surface area contributed by atoms with Crippen LogP contribution in [-0.4, -0.2) is 14.9 Å². The average molecular weight is 168 g/mol. The monoisotopic (exact) mass is 168 g/mol. The Morgan fingerprint density at radius 2 is 2.55 bits per heavy atom. The first kappa shape index (κ1) is 7.22. The van der Waals surface area contributed by atoms with E-state index in [2.05, 4.69) is 18.2 Å². The van der Waals surface area contributed by atoms with Gasteiger partial charge in [-0.2, -0.15) is 5.10 Å². The minimum atomic E-state index is 0.834. The zero-order chi connectivity index (χ0) is 7.68. The summed E-state index contributed by atoms with van der Waals surface area (Å²) in [6.45, 7) is 2.14. The van der Waals surface area contributed by atoms with Gasteiger partial charge in [-0.15, -0.1) is 0 Å². The molecule has 0 radical (unpaired) electrons. The second-order valence-electron chi connectivity index (χ2n) is 2.87. The van der Waals surface area contributed by atoms with Gasteiger partial charge in [-0.3, -0.25) is 0 Å². The van der Waals surface area contributed by atoms with Crippen LogP contribution < -0.4 is 0 Å². The summed E-state index contributed by atoms with van der Waals surface area (Å²) in [7, 11) is 0. The van der Waals surface area contributed by atoms with Crippen molar-refractivity contribution in [3.8, 4) is 0 Å². The average Bonchev–Trinajstić information content (AvgIpc) is 2.75. The van der Waals surface area contributed by atoms with E-state index < -0.39 is 0 Å². The van der Waals surface area contributed by atoms with E-state index in [0.29, 0.717) is 0 Å². The van der Waals surface area contributed by atoms with Gasteiger partial charge in [0.1, 0.15) is 0 Å². The number of rotatable bonds is 3. The first-order chi connectivity index (χ1) is 5.40. The summed E-state index contributed by atoms with van der Waals surface area (Å²) >= 11 is 1.75. The molecule has 3 heteroatoms. The molecule has 1 aromatic rings. The standard InChI is InChI=1S/C8H12N2S/c1-2-11-10-6-8(5-9-10)7-3-4-7/h5-7H,2-4H2,1H3. The summed E-state index contributed by atoms with van der Waals surface area (Å²) < 4.78 is 1.97. The second kappa shape index (κ2) is 2.89. The molecule has 2 rings (SSSR count). The Morgan fingerprint density at radius 1 is 1.73 bits per heavy atom. The lowest BCUT2D eigenvalue weighted by Gasteiger charge is -1.92. The number of nitrogens with zero attached hydrogens (tertiary/aromatic N) is 2. The molecular formula is C8H12N2S. The third-order valence-electron chi connectivity index (χ3n) is 1.89. The molecule has 60 valence electrons. The maximum absolute atomic E-state index is 4.25. The van der Waals surface area contributed by atoms with Crippen LogP contribution in [0.3, 0.4) is 0 Å². The van der Waals surface area contributed by atoms with Crippen LogP contribution in [0, 0.1) is 0 Å². The molecule has 1 aromatic heterocycles. The Bertz CT molecular complexity index is 240. The van der Waals surface area contributed by atoms with Crippen LogP contribution in [0.15, 0.2) is 12.4 Å². The van der Waals surface area contributed by atoms with Crippen LogP contribution in [0.1, 0.15) is 31.2 Å². The summed E-state index contributed by atoms with van der Waals surface area (Å²) in [5.41, 5.74) is 1.42. The molecule has 1 saturated carbocycles. The van der Waals surface area contributed by atoms with Gasteiger partial charge >= 0.3 is 0 Å². The summed E-state index contributed by atoms with van der Waals surface area (Å²) in [4.78, 5) is 0. The van der Waals surface area contributed by atoms with E-state index >= 15 is 0 Å². The van der Waals surface area contributed by atoms with Crippen molar-refractivity contribution < 1.29 is 0 Å². The lowest BCUT2D eigenvalue weighted by Crippen LogP contribution is -1.85. The predicted octanol–water partition coefficient (Wildman–Crippen LogP) is 2.28. The summed E-state index contributed by atoms with van der Waals surface area (Å²) in [6, 6.07) is 0. The molecule has 0 bridgehead atoms. The van der Waals surface area contributed by atoms with Crippen molar-refractivity contribution in [2.24, 2.45) is 0 Å². The first-order valence-electron chi connectivity index (χ1n) is 4.08. The minimum absolute atomic E-state index is 0.834. The lowest BCUT2D eigenvalue weighted by molar-refractivity contribution is 1.01. The highest BCUT2D eigenvalue weighted by Gasteiger charge is 2.24. The Balaban J connectivity index is 2.06. The van der Waals surface area contributed by atoms with Gasteiger partial charge in [0.05, 0.1) is 6.20 Å². The van der Waals surface area contributed by atoms with E-state index in [1.165, 1.54) is 18.4 Å². The van der Waals surface area contributed by atoms with Crippen molar-refractivity contribution in [3.63, 3.8) is 0 Å². The normalized spacial score (nSPS) is 17.2. The highest BCUT2D eigenvalue weighted by atomic mass is 32.2. The fourth-order valence-electron chi connectivity index (χ4n) is 1.15. The van der Waals surface area contributed by atoms with Crippen molar-refractivity contribution >= 4 is 11.9 Å². The predicted molar refractivity (Wildman–Crippen MR) is 47.7 cm³/mol. The molecule has 0 saturated heterocycles. The largest absolute Gasteiger partial charge is 0.214 e. The van der Waals surface area contributed by atoms with E-state index in [0.717, 1.165) is 11.7 Å². The van der Waals surface area contributed by atoms with Gasteiger partial charge in [-0.1, -0.05) is 6.92 Å². The molecule has 2 nitrogen and oxygen atoms in total. The van der Waals surface area contributed by atoms with Crippen molar-refractivity contribution in [2.45, 2.75) is 25.7 Å². The summed E-state index contributed by atoms with van der Waals surface area (Å²) in [5, 5.41) is 4.25. The van der Waals surface area contributed by atoms with Crippen LogP contribution in [0.2, 0.25) is 0 Å². The van der Waals surface area contributed by atoms with E-state index in [9.17, 15) is 0 Å². The SMILES string of the molecule is CCSn1cc(C2CC2)cn1. The van der Waals surface area contributed by atoms with E-state index in [4.69, 9.17) is 0 Å². The van der Waals surface area contributed by atoms with Gasteiger partial charge in [0.15, 0.2) is 0 Å². The first-order valence-corrected chi connectivity index (χ1v) is 5.02. The Hall–Kier alpha value is -0.440. The molecule has 0 N–H and O–H groups in total. The summed E-state index contributed by atoms with van der Waals surface area (Å²) in [5.74, 6) is 1.92. The molecule has 1 heterocycles. The molecule has 11 heavy (non-hydrogen) atoms. The van der Waals surface area contributed by atoms with E-state index in [1.807, 2.05) is 10.3 Å². The van der Waals surface area contributed by atoms with Crippen molar-refractivity contribution in [3.05, 3.63) is 18.0 Å². The molecule has 1 aliphatic carbocycles. The van der Waals surface area contributed by atoms with Crippen LogP contribution in [0.25, 0.3) is 0 Å². The van der Waals surface area contributed by atoms with Crippen molar-refractivity contribution in [2.75, 3.05) is 5.75 Å².